The molecule has 0 unspecified atom stereocenters. The van der Waals surface area contributed by atoms with Gasteiger partial charge in [-0.05, 0) is 19.1 Å². The fraction of sp³-hybridized carbons (Fsp3) is 0.880. The number of rotatable bonds is 25. The van der Waals surface area contributed by atoms with Crippen LogP contribution in [0.5, 0.6) is 0 Å². The van der Waals surface area contributed by atoms with Crippen LogP contribution in [0, 0.1) is 5.92 Å². The van der Waals surface area contributed by atoms with Crippen LogP contribution in [0.3, 0.4) is 0 Å². The van der Waals surface area contributed by atoms with Gasteiger partial charge in [-0.15, -0.1) is 0 Å². The van der Waals surface area contributed by atoms with Gasteiger partial charge in [0.2, 0.25) is 5.91 Å². The van der Waals surface area contributed by atoms with E-state index in [1.165, 1.54) is 0 Å². The smallest absolute Gasteiger partial charge is 0.222 e. The van der Waals surface area contributed by atoms with Crippen LogP contribution in [0.15, 0.2) is 12.2 Å². The molecule has 0 saturated heterocycles. The molecule has 0 aromatic heterocycles. The Morgan fingerprint density at radius 3 is 2.11 bits per heavy atom. The first-order valence-electron chi connectivity index (χ1n) is 12.6. The molecule has 0 aliphatic rings. The molecule has 0 aromatic rings. The zero-order valence-corrected chi connectivity index (χ0v) is 24.4. The Morgan fingerprint density at radius 2 is 1.49 bits per heavy atom. The average molecular weight is 539 g/mol. The summed E-state index contributed by atoms with van der Waals surface area (Å²) >= 11 is 0. The minimum Gasteiger partial charge on any atom is -0.379 e. The lowest BCUT2D eigenvalue weighted by Crippen LogP contribution is -2.28. The van der Waals surface area contributed by atoms with Crippen LogP contribution in [-0.4, -0.2) is 95.7 Å². The van der Waals surface area contributed by atoms with Gasteiger partial charge >= 0.3 is 0 Å². The average Bonchev–Trinajstić information content (AvgIpc) is 2.79. The topological polar surface area (TPSA) is 87.3 Å². The summed E-state index contributed by atoms with van der Waals surface area (Å²) in [5.41, 5.74) is 0. The van der Waals surface area contributed by atoms with E-state index in [0.717, 1.165) is 13.0 Å². The van der Waals surface area contributed by atoms with Crippen molar-refractivity contribution in [3.8, 4) is 0 Å². The highest BCUT2D eigenvalue weighted by atomic mass is 33.1. The zero-order chi connectivity index (χ0) is 26.2. The zero-order valence-electron chi connectivity index (χ0n) is 22.8. The van der Waals surface area contributed by atoms with Crippen molar-refractivity contribution in [3.05, 3.63) is 12.2 Å². The second-order valence-corrected chi connectivity index (χ2v) is 11.6. The number of allylic oxidation sites excluding steroid dienone is 1. The highest BCUT2D eigenvalue weighted by Crippen LogP contribution is 2.37. The summed E-state index contributed by atoms with van der Waals surface area (Å²) in [4.78, 5) is 11.4. The van der Waals surface area contributed by atoms with Crippen LogP contribution < -0.4 is 10.6 Å². The molecule has 0 fully saturated rings. The van der Waals surface area contributed by atoms with Gasteiger partial charge in [-0.1, -0.05) is 61.4 Å². The van der Waals surface area contributed by atoms with E-state index in [9.17, 15) is 4.79 Å². The van der Waals surface area contributed by atoms with Crippen molar-refractivity contribution >= 4 is 27.5 Å². The predicted octanol–water partition coefficient (Wildman–Crippen LogP) is 3.90. The highest BCUT2D eigenvalue weighted by Gasteiger charge is 2.25. The largest absolute Gasteiger partial charge is 0.379 e. The maximum absolute atomic E-state index is 11.7. The van der Waals surface area contributed by atoms with Crippen molar-refractivity contribution < 1.29 is 28.5 Å². The minimum atomic E-state index is -0.334. The molecule has 2 N–H and O–H groups in total. The van der Waals surface area contributed by atoms with E-state index in [4.69, 9.17) is 23.7 Å². The molecule has 0 radical (unpaired) electrons. The van der Waals surface area contributed by atoms with E-state index in [2.05, 4.69) is 51.3 Å². The molecule has 0 aliphatic heterocycles. The Kier molecular flexibility index (Phi) is 23.8. The van der Waals surface area contributed by atoms with Gasteiger partial charge in [0.05, 0.1) is 59.5 Å². The molecule has 208 valence electrons. The first-order chi connectivity index (χ1) is 16.8. The number of nitrogens with one attached hydrogen (secondary N) is 2. The molecular formula is C25H50N2O6S2. The number of ether oxygens (including phenoxy) is 5. The SMILES string of the molecule is CSS[C@](C)(CCOCCOCCNC(C)C)OCCOCCOCCC(=O)NC/C=C/C(C)C. The molecule has 0 spiro atoms. The van der Waals surface area contributed by atoms with Crippen molar-refractivity contribution in [1.82, 2.24) is 10.6 Å². The van der Waals surface area contributed by atoms with Gasteiger partial charge in [-0.3, -0.25) is 4.79 Å². The van der Waals surface area contributed by atoms with Crippen LogP contribution in [0.4, 0.5) is 0 Å². The Hall–Kier alpha value is -0.330. The molecule has 0 aromatic carbocycles. The van der Waals surface area contributed by atoms with Gasteiger partial charge in [0.25, 0.3) is 0 Å². The van der Waals surface area contributed by atoms with E-state index in [1.807, 2.05) is 12.3 Å². The lowest BCUT2D eigenvalue weighted by atomic mass is 10.2. The van der Waals surface area contributed by atoms with Crippen molar-refractivity contribution in [2.75, 3.05) is 78.8 Å². The van der Waals surface area contributed by atoms with Crippen LogP contribution in [0.1, 0.15) is 47.5 Å². The Morgan fingerprint density at radius 1 is 0.886 bits per heavy atom. The third-order valence-corrected chi connectivity index (χ3v) is 6.95. The normalized spacial score (nSPS) is 13.7. The maximum Gasteiger partial charge on any atom is 0.222 e. The Balaban J connectivity index is 3.69. The van der Waals surface area contributed by atoms with Crippen LogP contribution in [0.2, 0.25) is 0 Å². The van der Waals surface area contributed by atoms with Gasteiger partial charge in [0.15, 0.2) is 0 Å². The fourth-order valence-corrected chi connectivity index (χ4v) is 4.82. The van der Waals surface area contributed by atoms with E-state index in [1.54, 1.807) is 21.6 Å². The lowest BCUT2D eigenvalue weighted by molar-refractivity contribution is -0.122. The van der Waals surface area contributed by atoms with E-state index < -0.39 is 0 Å². The first-order valence-corrected chi connectivity index (χ1v) is 15.2. The van der Waals surface area contributed by atoms with E-state index in [-0.39, 0.29) is 10.8 Å². The fourth-order valence-electron chi connectivity index (χ4n) is 2.72. The number of carbonyl (C=O) groups excluding carboxylic acids is 1. The molecule has 0 heterocycles. The molecular weight excluding hydrogens is 488 g/mol. The first kappa shape index (κ1) is 34.7. The van der Waals surface area contributed by atoms with Crippen molar-refractivity contribution in [3.63, 3.8) is 0 Å². The summed E-state index contributed by atoms with van der Waals surface area (Å²) in [6, 6.07) is 0.479. The molecule has 0 bridgehead atoms. The molecule has 0 aliphatic carbocycles. The standard InChI is InChI=1S/C25H50N2O6S2/c1-22(2)8-7-11-27-24(28)9-13-29-16-19-32-20-21-33-25(5,35-34-6)10-14-30-17-18-31-15-12-26-23(3)4/h7-8,22-23,26H,9-21H2,1-6H3,(H,27,28)/b8-7+/t25-/m1/s1. The van der Waals surface area contributed by atoms with Gasteiger partial charge in [-0.2, -0.15) is 0 Å². The number of hydrogen-bond donors (Lipinski definition) is 2. The molecule has 0 saturated carbocycles. The summed E-state index contributed by atoms with van der Waals surface area (Å²) in [5, 5.41) is 6.16. The van der Waals surface area contributed by atoms with E-state index in [0.29, 0.717) is 84.4 Å². The monoisotopic (exact) mass is 538 g/mol. The number of hydrogen-bond acceptors (Lipinski definition) is 9. The van der Waals surface area contributed by atoms with Gasteiger partial charge in [0, 0.05) is 32.0 Å². The summed E-state index contributed by atoms with van der Waals surface area (Å²) in [7, 11) is 3.38. The summed E-state index contributed by atoms with van der Waals surface area (Å²) in [6.07, 6.45) is 7.22. The van der Waals surface area contributed by atoms with Crippen molar-refractivity contribution in [2.45, 2.75) is 58.4 Å². The maximum atomic E-state index is 11.7. The molecule has 8 nitrogen and oxygen atoms in total. The van der Waals surface area contributed by atoms with E-state index >= 15 is 0 Å². The second kappa shape index (κ2) is 24.0. The Bertz CT molecular complexity index is 526. The number of amides is 1. The summed E-state index contributed by atoms with van der Waals surface area (Å²) in [6.45, 7) is 16.8. The Labute approximate surface area is 221 Å². The molecule has 0 rings (SSSR count). The molecule has 10 heteroatoms. The van der Waals surface area contributed by atoms with Crippen LogP contribution in [-0.2, 0) is 28.5 Å². The minimum absolute atomic E-state index is 0.00579. The summed E-state index contributed by atoms with van der Waals surface area (Å²) < 4.78 is 28.4. The third kappa shape index (κ3) is 25.1. The highest BCUT2D eigenvalue weighted by molar-refractivity contribution is 8.76. The third-order valence-electron chi connectivity index (χ3n) is 4.55. The van der Waals surface area contributed by atoms with Gasteiger partial charge in [-0.25, -0.2) is 0 Å². The van der Waals surface area contributed by atoms with Crippen molar-refractivity contribution in [2.24, 2.45) is 5.92 Å². The number of carbonyl (C=O) groups is 1. The predicted molar refractivity (Wildman–Crippen MR) is 148 cm³/mol. The van der Waals surface area contributed by atoms with Gasteiger partial charge < -0.3 is 34.3 Å². The summed E-state index contributed by atoms with van der Waals surface area (Å²) in [5.74, 6) is 0.485. The van der Waals surface area contributed by atoms with Crippen LogP contribution >= 0.6 is 21.6 Å². The van der Waals surface area contributed by atoms with Crippen LogP contribution in [0.25, 0.3) is 0 Å². The van der Waals surface area contributed by atoms with Crippen molar-refractivity contribution in [1.29, 1.82) is 0 Å². The molecule has 1 amide bonds. The second-order valence-electron chi connectivity index (χ2n) is 8.77. The molecule has 1 atom stereocenters. The molecule has 35 heavy (non-hydrogen) atoms. The quantitative estimate of drug-likeness (QED) is 0.0778. The lowest BCUT2D eigenvalue weighted by Gasteiger charge is -2.28. The van der Waals surface area contributed by atoms with Gasteiger partial charge in [0.1, 0.15) is 4.93 Å².